The van der Waals surface area contributed by atoms with Crippen molar-refractivity contribution in [3.05, 3.63) is 90.0 Å². The molecule has 0 unspecified atom stereocenters. The number of carbonyl (C=O) groups is 1. The molecule has 0 saturated heterocycles. The Morgan fingerprint density at radius 3 is 2.65 bits per heavy atom. The molecule has 6 nitrogen and oxygen atoms in total. The van der Waals surface area contributed by atoms with Crippen molar-refractivity contribution < 1.29 is 18.7 Å². The van der Waals surface area contributed by atoms with Crippen LogP contribution in [0.4, 0.5) is 4.39 Å². The molecule has 3 aromatic carbocycles. The van der Waals surface area contributed by atoms with Crippen molar-refractivity contribution in [1.29, 1.82) is 0 Å². The molecule has 7 heteroatoms. The summed E-state index contributed by atoms with van der Waals surface area (Å²) >= 11 is 0. The zero-order valence-electron chi connectivity index (χ0n) is 17.0. The van der Waals surface area contributed by atoms with Crippen molar-refractivity contribution in [2.24, 2.45) is 0 Å². The van der Waals surface area contributed by atoms with Crippen LogP contribution < -0.4 is 14.8 Å². The minimum atomic E-state index is -0.555. The lowest BCUT2D eigenvalue weighted by molar-refractivity contribution is 0.0945. The summed E-state index contributed by atoms with van der Waals surface area (Å²) in [6, 6.07) is 21.0. The first-order valence-electron chi connectivity index (χ1n) is 9.89. The Hall–Kier alpha value is -3.87. The number of rotatable bonds is 8. The van der Waals surface area contributed by atoms with Gasteiger partial charge in [-0.3, -0.25) is 4.79 Å². The third-order valence-corrected chi connectivity index (χ3v) is 4.88. The van der Waals surface area contributed by atoms with Gasteiger partial charge >= 0.3 is 0 Å². The van der Waals surface area contributed by atoms with Crippen LogP contribution in [0.3, 0.4) is 0 Å². The van der Waals surface area contributed by atoms with E-state index in [0.717, 1.165) is 16.8 Å². The third-order valence-electron chi connectivity index (χ3n) is 4.88. The number of para-hydroxylation sites is 2. The average molecular weight is 419 g/mol. The van der Waals surface area contributed by atoms with E-state index in [0.29, 0.717) is 24.7 Å². The fraction of sp³-hybridized carbons (Fsp3) is 0.167. The summed E-state index contributed by atoms with van der Waals surface area (Å²) in [6.07, 6.45) is 0. The van der Waals surface area contributed by atoms with Gasteiger partial charge in [-0.2, -0.15) is 0 Å². The van der Waals surface area contributed by atoms with Gasteiger partial charge in [0.25, 0.3) is 5.91 Å². The molecule has 1 heterocycles. The van der Waals surface area contributed by atoms with Crippen LogP contribution in [-0.2, 0) is 13.1 Å². The second kappa shape index (κ2) is 9.30. The smallest absolute Gasteiger partial charge is 0.254 e. The standard InChI is InChI=1S/C24H22FN3O3/c1-30-17-7-6-8-18(15-17)31-14-13-28-22-12-5-4-11-21(22)27-23(28)16-26-24(29)19-9-2-3-10-20(19)25/h2-12,15H,13-14,16H2,1H3,(H,26,29). The molecule has 31 heavy (non-hydrogen) atoms. The summed E-state index contributed by atoms with van der Waals surface area (Å²) in [7, 11) is 1.61. The number of hydrogen-bond acceptors (Lipinski definition) is 4. The highest BCUT2D eigenvalue weighted by molar-refractivity contribution is 5.94. The molecule has 0 saturated carbocycles. The molecule has 0 fully saturated rings. The normalized spacial score (nSPS) is 10.8. The van der Waals surface area contributed by atoms with Crippen LogP contribution >= 0.6 is 0 Å². The first-order chi connectivity index (χ1) is 15.2. The molecular weight excluding hydrogens is 397 g/mol. The van der Waals surface area contributed by atoms with Gasteiger partial charge in [-0.1, -0.05) is 30.3 Å². The summed E-state index contributed by atoms with van der Waals surface area (Å²) < 4.78 is 27.0. The quantitative estimate of drug-likeness (QED) is 0.465. The molecule has 0 aliphatic heterocycles. The van der Waals surface area contributed by atoms with E-state index in [2.05, 4.69) is 10.3 Å². The average Bonchev–Trinajstić information content (AvgIpc) is 3.15. The lowest BCUT2D eigenvalue weighted by atomic mass is 10.2. The number of amides is 1. The van der Waals surface area contributed by atoms with E-state index in [9.17, 15) is 9.18 Å². The van der Waals surface area contributed by atoms with Crippen LogP contribution in [0.2, 0.25) is 0 Å². The number of methoxy groups -OCH3 is 1. The van der Waals surface area contributed by atoms with E-state index in [4.69, 9.17) is 9.47 Å². The van der Waals surface area contributed by atoms with E-state index < -0.39 is 11.7 Å². The van der Waals surface area contributed by atoms with Gasteiger partial charge in [-0.25, -0.2) is 9.37 Å². The van der Waals surface area contributed by atoms with Crippen molar-refractivity contribution in [2.45, 2.75) is 13.1 Å². The van der Waals surface area contributed by atoms with Crippen LogP contribution in [0.1, 0.15) is 16.2 Å². The van der Waals surface area contributed by atoms with E-state index in [1.54, 1.807) is 19.2 Å². The van der Waals surface area contributed by atoms with Gasteiger partial charge in [0.05, 0.1) is 36.8 Å². The Kier molecular flexibility index (Phi) is 6.12. The maximum atomic E-state index is 13.9. The van der Waals surface area contributed by atoms with E-state index in [-0.39, 0.29) is 12.1 Å². The Bertz CT molecular complexity index is 1210. The largest absolute Gasteiger partial charge is 0.497 e. The van der Waals surface area contributed by atoms with Gasteiger partial charge in [-0.15, -0.1) is 0 Å². The Labute approximate surface area is 179 Å². The lowest BCUT2D eigenvalue weighted by Crippen LogP contribution is -2.26. The molecule has 0 spiro atoms. The van der Waals surface area contributed by atoms with E-state index >= 15 is 0 Å². The molecule has 4 rings (SSSR count). The van der Waals surface area contributed by atoms with E-state index in [1.165, 1.54) is 12.1 Å². The van der Waals surface area contributed by atoms with Crippen LogP contribution in [0, 0.1) is 5.82 Å². The van der Waals surface area contributed by atoms with Crippen molar-refractivity contribution in [1.82, 2.24) is 14.9 Å². The first-order valence-corrected chi connectivity index (χ1v) is 9.89. The number of ether oxygens (including phenoxy) is 2. The fourth-order valence-electron chi connectivity index (χ4n) is 3.36. The van der Waals surface area contributed by atoms with Crippen LogP contribution in [0.5, 0.6) is 11.5 Å². The number of nitrogens with zero attached hydrogens (tertiary/aromatic N) is 2. The molecule has 1 aromatic heterocycles. The molecular formula is C24H22FN3O3. The zero-order chi connectivity index (χ0) is 21.6. The number of halogens is 1. The molecule has 4 aromatic rings. The summed E-state index contributed by atoms with van der Waals surface area (Å²) in [5, 5.41) is 2.76. The minimum Gasteiger partial charge on any atom is -0.497 e. The van der Waals surface area contributed by atoms with Crippen molar-refractivity contribution >= 4 is 16.9 Å². The molecule has 0 atom stereocenters. The van der Waals surface area contributed by atoms with Crippen LogP contribution in [-0.4, -0.2) is 29.2 Å². The first kappa shape index (κ1) is 20.4. The highest BCUT2D eigenvalue weighted by atomic mass is 19.1. The minimum absolute atomic E-state index is 0.00604. The highest BCUT2D eigenvalue weighted by Crippen LogP contribution is 2.20. The number of fused-ring (bicyclic) bond motifs is 1. The molecule has 0 aliphatic rings. The van der Waals surface area contributed by atoms with E-state index in [1.807, 2.05) is 53.1 Å². The topological polar surface area (TPSA) is 65.4 Å². The van der Waals surface area contributed by atoms with Crippen molar-refractivity contribution in [3.8, 4) is 11.5 Å². The predicted molar refractivity (Wildman–Crippen MR) is 116 cm³/mol. The Balaban J connectivity index is 1.49. The zero-order valence-corrected chi connectivity index (χ0v) is 17.0. The number of nitrogens with one attached hydrogen (secondary N) is 1. The number of benzene rings is 3. The molecule has 0 radical (unpaired) electrons. The van der Waals surface area contributed by atoms with Crippen LogP contribution in [0.25, 0.3) is 11.0 Å². The molecule has 1 amide bonds. The second-order valence-corrected chi connectivity index (χ2v) is 6.86. The van der Waals surface area contributed by atoms with Crippen LogP contribution in [0.15, 0.2) is 72.8 Å². The summed E-state index contributed by atoms with van der Waals surface area (Å²) in [5.74, 6) is 1.06. The molecule has 158 valence electrons. The Morgan fingerprint density at radius 1 is 1.03 bits per heavy atom. The third kappa shape index (κ3) is 4.66. The van der Waals surface area contributed by atoms with Crippen molar-refractivity contribution in [2.75, 3.05) is 13.7 Å². The maximum Gasteiger partial charge on any atom is 0.254 e. The van der Waals surface area contributed by atoms with Gasteiger partial charge in [-0.05, 0) is 36.4 Å². The molecule has 1 N–H and O–H groups in total. The summed E-state index contributed by atoms with van der Waals surface area (Å²) in [5.41, 5.74) is 1.76. The Morgan fingerprint density at radius 2 is 1.81 bits per heavy atom. The van der Waals surface area contributed by atoms with Gasteiger partial charge in [0, 0.05) is 6.07 Å². The summed E-state index contributed by atoms with van der Waals surface area (Å²) in [4.78, 5) is 17.0. The number of hydrogen-bond donors (Lipinski definition) is 1. The number of imidazole rings is 1. The molecule has 0 aliphatic carbocycles. The van der Waals surface area contributed by atoms with Gasteiger partial charge < -0.3 is 19.4 Å². The van der Waals surface area contributed by atoms with Gasteiger partial charge in [0.1, 0.15) is 29.7 Å². The SMILES string of the molecule is COc1cccc(OCCn2c(CNC(=O)c3ccccc3F)nc3ccccc32)c1. The summed E-state index contributed by atoms with van der Waals surface area (Å²) in [6.45, 7) is 1.10. The number of carbonyl (C=O) groups excluding carboxylic acids is 1. The number of aromatic nitrogens is 2. The predicted octanol–water partition coefficient (Wildman–Crippen LogP) is 4.19. The molecule has 0 bridgehead atoms. The lowest BCUT2D eigenvalue weighted by Gasteiger charge is -2.12. The van der Waals surface area contributed by atoms with Gasteiger partial charge in [0.2, 0.25) is 0 Å². The van der Waals surface area contributed by atoms with Crippen molar-refractivity contribution in [3.63, 3.8) is 0 Å². The monoisotopic (exact) mass is 419 g/mol. The fourth-order valence-corrected chi connectivity index (χ4v) is 3.36. The van der Waals surface area contributed by atoms with Gasteiger partial charge in [0.15, 0.2) is 0 Å². The second-order valence-electron chi connectivity index (χ2n) is 6.86. The highest BCUT2D eigenvalue weighted by Gasteiger charge is 2.14. The maximum absolute atomic E-state index is 13.9.